The number of rotatable bonds is 5. The molecule has 106 valence electrons. The highest BCUT2D eigenvalue weighted by molar-refractivity contribution is 6.00. The van der Waals surface area contributed by atoms with Crippen LogP contribution >= 0.6 is 0 Å². The molecule has 1 rings (SSSR count). The van der Waals surface area contributed by atoms with Crippen LogP contribution in [0.5, 0.6) is 5.75 Å². The third-order valence-electron chi connectivity index (χ3n) is 2.42. The van der Waals surface area contributed by atoms with Crippen molar-refractivity contribution in [1.29, 1.82) is 0 Å². The van der Waals surface area contributed by atoms with Crippen LogP contribution in [0.15, 0.2) is 18.2 Å². The maximum atomic E-state index is 11.6. The predicted molar refractivity (Wildman–Crippen MR) is 75.0 cm³/mol. The predicted octanol–water partition coefficient (Wildman–Crippen LogP) is 1.93. The fraction of sp³-hybridized carbons (Fsp3) is 0.286. The van der Waals surface area contributed by atoms with Crippen LogP contribution in [0.4, 0.5) is 10.5 Å². The minimum atomic E-state index is -1.13. The van der Waals surface area contributed by atoms with Crippen molar-refractivity contribution in [3.63, 3.8) is 0 Å². The molecule has 6 nitrogen and oxygen atoms in total. The normalized spacial score (nSPS) is 9.10. The van der Waals surface area contributed by atoms with Crippen molar-refractivity contribution in [2.45, 2.75) is 13.3 Å². The van der Waals surface area contributed by atoms with Crippen LogP contribution in [0.1, 0.15) is 23.7 Å². The van der Waals surface area contributed by atoms with E-state index in [1.807, 2.05) is 0 Å². The van der Waals surface area contributed by atoms with Crippen molar-refractivity contribution < 1.29 is 19.4 Å². The van der Waals surface area contributed by atoms with E-state index in [1.54, 1.807) is 6.92 Å². The lowest BCUT2D eigenvalue weighted by molar-refractivity contribution is 0.0698. The Morgan fingerprint density at radius 2 is 2.15 bits per heavy atom. The van der Waals surface area contributed by atoms with Gasteiger partial charge in [-0.3, -0.25) is 0 Å². The number of amides is 2. The monoisotopic (exact) mass is 276 g/mol. The van der Waals surface area contributed by atoms with Gasteiger partial charge in [-0.2, -0.15) is 0 Å². The van der Waals surface area contributed by atoms with Crippen molar-refractivity contribution in [1.82, 2.24) is 5.32 Å². The molecular formula is C14H16N2O4. The molecule has 0 aliphatic rings. The van der Waals surface area contributed by atoms with E-state index in [-0.39, 0.29) is 11.3 Å². The third kappa shape index (κ3) is 4.53. The molecule has 0 saturated carbocycles. The zero-order valence-corrected chi connectivity index (χ0v) is 11.3. The van der Waals surface area contributed by atoms with Gasteiger partial charge in [0.2, 0.25) is 0 Å². The van der Waals surface area contributed by atoms with E-state index in [4.69, 9.17) is 9.84 Å². The van der Waals surface area contributed by atoms with Crippen LogP contribution in [0, 0.1) is 11.8 Å². The minimum Gasteiger partial charge on any atom is -0.497 e. The molecule has 1 aromatic carbocycles. The molecular weight excluding hydrogens is 260 g/mol. The Hall–Kier alpha value is -2.68. The summed E-state index contributed by atoms with van der Waals surface area (Å²) in [7, 11) is 1.46. The van der Waals surface area contributed by atoms with E-state index in [9.17, 15) is 9.59 Å². The number of carboxylic acids is 1. The highest BCUT2D eigenvalue weighted by Crippen LogP contribution is 2.22. The largest absolute Gasteiger partial charge is 0.497 e. The van der Waals surface area contributed by atoms with E-state index in [0.717, 1.165) is 0 Å². The van der Waals surface area contributed by atoms with Gasteiger partial charge in [0.15, 0.2) is 0 Å². The molecule has 3 N–H and O–H groups in total. The van der Waals surface area contributed by atoms with Gasteiger partial charge in [-0.15, -0.1) is 11.8 Å². The summed E-state index contributed by atoms with van der Waals surface area (Å²) in [6.07, 6.45) is 0.536. The minimum absolute atomic E-state index is 0.00528. The Balaban J connectivity index is 2.75. The Labute approximate surface area is 117 Å². The highest BCUT2D eigenvalue weighted by atomic mass is 16.5. The number of benzene rings is 1. The number of nitrogens with one attached hydrogen (secondary N) is 2. The maximum Gasteiger partial charge on any atom is 0.337 e. The molecule has 0 fully saturated rings. The fourth-order valence-electron chi connectivity index (χ4n) is 1.47. The Morgan fingerprint density at radius 3 is 2.75 bits per heavy atom. The van der Waals surface area contributed by atoms with Crippen molar-refractivity contribution in [2.24, 2.45) is 0 Å². The van der Waals surface area contributed by atoms with Gasteiger partial charge in [0.1, 0.15) is 5.75 Å². The van der Waals surface area contributed by atoms with Gasteiger partial charge in [0.05, 0.1) is 18.4 Å². The molecule has 0 atom stereocenters. The van der Waals surface area contributed by atoms with Crippen molar-refractivity contribution in [3.8, 4) is 17.6 Å². The van der Waals surface area contributed by atoms with Crippen molar-refractivity contribution in [3.05, 3.63) is 23.8 Å². The number of hydrogen-bond donors (Lipinski definition) is 3. The first-order valence-electron chi connectivity index (χ1n) is 5.94. The molecule has 0 aliphatic heterocycles. The van der Waals surface area contributed by atoms with Crippen LogP contribution in [-0.4, -0.2) is 30.8 Å². The van der Waals surface area contributed by atoms with Crippen LogP contribution in [-0.2, 0) is 0 Å². The number of hydrogen-bond acceptors (Lipinski definition) is 3. The maximum absolute atomic E-state index is 11.6. The first-order chi connectivity index (χ1) is 9.58. The van der Waals surface area contributed by atoms with Gasteiger partial charge < -0.3 is 20.5 Å². The number of aromatic carboxylic acids is 1. The highest BCUT2D eigenvalue weighted by Gasteiger charge is 2.13. The Kier molecular flexibility index (Phi) is 5.91. The second-order valence-corrected chi connectivity index (χ2v) is 3.77. The zero-order chi connectivity index (χ0) is 15.0. The van der Waals surface area contributed by atoms with Gasteiger partial charge in [0, 0.05) is 19.0 Å². The zero-order valence-electron chi connectivity index (χ0n) is 11.3. The average Bonchev–Trinajstić information content (AvgIpc) is 2.43. The molecule has 0 spiro atoms. The van der Waals surface area contributed by atoms with Crippen molar-refractivity contribution >= 4 is 17.7 Å². The molecule has 0 unspecified atom stereocenters. The van der Waals surface area contributed by atoms with E-state index in [1.165, 1.54) is 25.3 Å². The van der Waals surface area contributed by atoms with E-state index in [2.05, 4.69) is 22.5 Å². The Bertz CT molecular complexity index is 558. The molecule has 6 heteroatoms. The van der Waals surface area contributed by atoms with Crippen molar-refractivity contribution in [2.75, 3.05) is 19.0 Å². The fourth-order valence-corrected chi connectivity index (χ4v) is 1.47. The summed E-state index contributed by atoms with van der Waals surface area (Å²) >= 11 is 0. The number of methoxy groups -OCH3 is 1. The molecule has 0 heterocycles. The summed E-state index contributed by atoms with van der Waals surface area (Å²) in [4.78, 5) is 22.7. The van der Waals surface area contributed by atoms with Crippen LogP contribution in [0.2, 0.25) is 0 Å². The molecule has 1 aromatic rings. The number of urea groups is 1. The lowest BCUT2D eigenvalue weighted by Gasteiger charge is -2.10. The number of carbonyl (C=O) groups is 2. The van der Waals surface area contributed by atoms with Gasteiger partial charge in [0.25, 0.3) is 0 Å². The number of anilines is 1. The summed E-state index contributed by atoms with van der Waals surface area (Å²) in [5, 5.41) is 14.1. The SMILES string of the molecule is CC#CCCNC(=O)Nc1cc(OC)ccc1C(=O)O. The van der Waals surface area contributed by atoms with Gasteiger partial charge in [-0.05, 0) is 19.1 Å². The molecule has 0 aliphatic carbocycles. The van der Waals surface area contributed by atoms with E-state index < -0.39 is 12.0 Å². The molecule has 0 bridgehead atoms. The number of carboxylic acid groups (broad SMARTS) is 1. The second kappa shape index (κ2) is 7.69. The van der Waals surface area contributed by atoms with Crippen LogP contribution < -0.4 is 15.4 Å². The lowest BCUT2D eigenvalue weighted by atomic mass is 10.1. The molecule has 0 aromatic heterocycles. The summed E-state index contributed by atoms with van der Waals surface area (Å²) in [5.41, 5.74) is 0.172. The molecule has 2 amide bonds. The van der Waals surface area contributed by atoms with Gasteiger partial charge in [-0.25, -0.2) is 9.59 Å². The quantitative estimate of drug-likeness (QED) is 0.566. The standard InChI is InChI=1S/C14H16N2O4/c1-3-4-5-8-15-14(19)16-12-9-10(20-2)6-7-11(12)13(17)18/h6-7,9H,5,8H2,1-2H3,(H,17,18)(H2,15,16,19). The van der Waals surface area contributed by atoms with Gasteiger partial charge >= 0.3 is 12.0 Å². The van der Waals surface area contributed by atoms with E-state index in [0.29, 0.717) is 18.7 Å². The molecule has 0 saturated heterocycles. The van der Waals surface area contributed by atoms with Crippen LogP contribution in [0.3, 0.4) is 0 Å². The van der Waals surface area contributed by atoms with Gasteiger partial charge in [-0.1, -0.05) is 0 Å². The first kappa shape index (κ1) is 15.4. The average molecular weight is 276 g/mol. The molecule has 0 radical (unpaired) electrons. The van der Waals surface area contributed by atoms with Crippen LogP contribution in [0.25, 0.3) is 0 Å². The number of carbonyl (C=O) groups excluding carboxylic acids is 1. The summed E-state index contributed by atoms with van der Waals surface area (Å²) < 4.78 is 5.00. The summed E-state index contributed by atoms with van der Waals surface area (Å²) in [6, 6.07) is 3.86. The van der Waals surface area contributed by atoms with E-state index >= 15 is 0 Å². The smallest absolute Gasteiger partial charge is 0.337 e. The Morgan fingerprint density at radius 1 is 1.40 bits per heavy atom. The molecule has 20 heavy (non-hydrogen) atoms. The summed E-state index contributed by atoms with van der Waals surface area (Å²) in [5.74, 6) is 4.86. The first-order valence-corrected chi connectivity index (χ1v) is 5.94. The number of ether oxygens (including phenoxy) is 1. The summed E-state index contributed by atoms with van der Waals surface area (Å²) in [6.45, 7) is 2.11. The topological polar surface area (TPSA) is 87.7 Å². The third-order valence-corrected chi connectivity index (χ3v) is 2.42. The lowest BCUT2D eigenvalue weighted by Crippen LogP contribution is -2.30. The second-order valence-electron chi connectivity index (χ2n) is 3.77.